The van der Waals surface area contributed by atoms with Crippen LogP contribution in [0.4, 0.5) is 10.2 Å². The minimum Gasteiger partial charge on any atom is -0.392 e. The molecule has 4 aromatic rings. The first kappa shape index (κ1) is 22.0. The summed E-state index contributed by atoms with van der Waals surface area (Å²) in [5, 5.41) is 16.5. The van der Waals surface area contributed by atoms with E-state index in [9.17, 15) is 17.9 Å². The van der Waals surface area contributed by atoms with Gasteiger partial charge in [-0.2, -0.15) is 5.10 Å². The number of fused-ring (bicyclic) bond motifs is 1. The smallest absolute Gasteiger partial charge is 0.264 e. The summed E-state index contributed by atoms with van der Waals surface area (Å²) in [6.07, 6.45) is 4.29. The lowest BCUT2D eigenvalue weighted by Gasteiger charge is -2.12. The second kappa shape index (κ2) is 8.72. The summed E-state index contributed by atoms with van der Waals surface area (Å²) < 4.78 is 42.6. The quantitative estimate of drug-likeness (QED) is 0.375. The van der Waals surface area contributed by atoms with E-state index in [-0.39, 0.29) is 21.2 Å². The van der Waals surface area contributed by atoms with E-state index in [4.69, 9.17) is 23.2 Å². The maximum atomic E-state index is 14.9. The minimum absolute atomic E-state index is 0.0371. The third kappa shape index (κ3) is 4.37. The molecule has 0 unspecified atom stereocenters. The molecule has 8 nitrogen and oxygen atoms in total. The van der Waals surface area contributed by atoms with E-state index in [1.165, 1.54) is 24.5 Å². The monoisotopic (exact) mass is 491 g/mol. The predicted octanol–water partition coefficient (Wildman–Crippen LogP) is 3.49. The summed E-state index contributed by atoms with van der Waals surface area (Å²) in [4.78, 5) is 7.47. The molecule has 0 aliphatic heterocycles. The SMILES string of the molecule is O=S(=O)(Nc1nccc(C#Cc2cnc3[nH]ncc3c2)c1F)c1cc(Cl)cc(CO)c1Cl. The Morgan fingerprint density at radius 2 is 1.97 bits per heavy atom. The van der Waals surface area contributed by atoms with Crippen molar-refractivity contribution in [3.8, 4) is 11.8 Å². The molecule has 3 aromatic heterocycles. The fourth-order valence-corrected chi connectivity index (χ4v) is 4.70. The Hall–Kier alpha value is -3.23. The number of sulfonamides is 1. The number of anilines is 1. The molecule has 0 aliphatic rings. The van der Waals surface area contributed by atoms with Crippen LogP contribution in [0.15, 0.2) is 47.8 Å². The third-order valence-corrected chi connectivity index (χ3v) is 6.43. The number of aromatic amines is 1. The Kier molecular flexibility index (Phi) is 5.99. The van der Waals surface area contributed by atoms with Crippen LogP contribution in [0.3, 0.4) is 0 Å². The zero-order valence-electron chi connectivity index (χ0n) is 15.9. The molecule has 1 aromatic carbocycles. The zero-order valence-corrected chi connectivity index (χ0v) is 18.2. The fraction of sp³-hybridized carbons (Fsp3) is 0.0500. The van der Waals surface area contributed by atoms with Gasteiger partial charge >= 0.3 is 0 Å². The van der Waals surface area contributed by atoms with Gasteiger partial charge in [0, 0.05) is 28.4 Å². The van der Waals surface area contributed by atoms with Crippen molar-refractivity contribution in [1.82, 2.24) is 20.2 Å². The van der Waals surface area contributed by atoms with Crippen LogP contribution >= 0.6 is 23.2 Å². The summed E-state index contributed by atoms with van der Waals surface area (Å²) >= 11 is 12.0. The van der Waals surface area contributed by atoms with Crippen LogP contribution in [0.2, 0.25) is 10.0 Å². The number of rotatable bonds is 4. The molecular weight excluding hydrogens is 480 g/mol. The lowest BCUT2D eigenvalue weighted by molar-refractivity contribution is 0.281. The first-order valence-electron chi connectivity index (χ1n) is 8.86. The van der Waals surface area contributed by atoms with Gasteiger partial charge in [-0.15, -0.1) is 0 Å². The van der Waals surface area contributed by atoms with Gasteiger partial charge in [0.1, 0.15) is 4.90 Å². The van der Waals surface area contributed by atoms with Gasteiger partial charge in [0.2, 0.25) is 0 Å². The molecule has 12 heteroatoms. The molecule has 3 heterocycles. The molecule has 0 aliphatic carbocycles. The van der Waals surface area contributed by atoms with Crippen LogP contribution < -0.4 is 4.72 Å². The molecule has 162 valence electrons. The first-order valence-corrected chi connectivity index (χ1v) is 11.1. The molecule has 0 amide bonds. The van der Waals surface area contributed by atoms with E-state index < -0.39 is 33.2 Å². The van der Waals surface area contributed by atoms with Gasteiger partial charge < -0.3 is 5.11 Å². The summed E-state index contributed by atoms with van der Waals surface area (Å²) in [6.45, 7) is -0.529. The van der Waals surface area contributed by atoms with Crippen LogP contribution in [-0.2, 0) is 16.6 Å². The second-order valence-corrected chi connectivity index (χ2v) is 8.91. The Morgan fingerprint density at radius 1 is 1.16 bits per heavy atom. The van der Waals surface area contributed by atoms with Gasteiger partial charge in [-0.25, -0.2) is 22.8 Å². The summed E-state index contributed by atoms with van der Waals surface area (Å²) in [5.41, 5.74) is 1.12. The molecule has 0 bridgehead atoms. The van der Waals surface area contributed by atoms with Crippen molar-refractivity contribution in [3.05, 3.63) is 75.4 Å². The van der Waals surface area contributed by atoms with E-state index in [0.29, 0.717) is 11.2 Å². The Labute approximate surface area is 191 Å². The zero-order chi connectivity index (χ0) is 22.9. The van der Waals surface area contributed by atoms with Crippen molar-refractivity contribution in [3.63, 3.8) is 0 Å². The number of aliphatic hydroxyl groups is 1. The maximum Gasteiger partial charge on any atom is 0.264 e. The number of aromatic nitrogens is 4. The summed E-state index contributed by atoms with van der Waals surface area (Å²) in [6, 6.07) is 5.45. The highest BCUT2D eigenvalue weighted by molar-refractivity contribution is 7.92. The molecule has 4 rings (SSSR count). The van der Waals surface area contributed by atoms with Gasteiger partial charge in [0.25, 0.3) is 10.0 Å². The first-order chi connectivity index (χ1) is 15.3. The average molecular weight is 492 g/mol. The second-order valence-electron chi connectivity index (χ2n) is 6.44. The highest BCUT2D eigenvalue weighted by Gasteiger charge is 2.23. The molecule has 0 radical (unpaired) electrons. The number of hydrogen-bond donors (Lipinski definition) is 3. The molecule has 32 heavy (non-hydrogen) atoms. The van der Waals surface area contributed by atoms with Crippen LogP contribution in [0.5, 0.6) is 0 Å². The van der Waals surface area contributed by atoms with Crippen molar-refractivity contribution in [2.75, 3.05) is 4.72 Å². The molecule has 0 saturated carbocycles. The lowest BCUT2D eigenvalue weighted by Crippen LogP contribution is -2.16. The predicted molar refractivity (Wildman–Crippen MR) is 117 cm³/mol. The largest absolute Gasteiger partial charge is 0.392 e. The lowest BCUT2D eigenvalue weighted by atomic mass is 10.2. The molecule has 0 atom stereocenters. The fourth-order valence-electron chi connectivity index (χ4n) is 2.77. The number of H-pyrrole nitrogens is 1. The number of benzene rings is 1. The molecule has 0 spiro atoms. The summed E-state index contributed by atoms with van der Waals surface area (Å²) in [7, 11) is -4.37. The highest BCUT2D eigenvalue weighted by atomic mass is 35.5. The van der Waals surface area contributed by atoms with Gasteiger partial charge in [0.15, 0.2) is 17.3 Å². The van der Waals surface area contributed by atoms with Crippen molar-refractivity contribution in [2.24, 2.45) is 0 Å². The van der Waals surface area contributed by atoms with Crippen LogP contribution in [0.25, 0.3) is 11.0 Å². The molecule has 0 fully saturated rings. The third-order valence-electron chi connectivity index (χ3n) is 4.29. The van der Waals surface area contributed by atoms with Crippen LogP contribution in [-0.4, -0.2) is 33.7 Å². The van der Waals surface area contributed by atoms with Crippen molar-refractivity contribution >= 4 is 50.1 Å². The van der Waals surface area contributed by atoms with Gasteiger partial charge in [-0.3, -0.25) is 9.82 Å². The highest BCUT2D eigenvalue weighted by Crippen LogP contribution is 2.31. The van der Waals surface area contributed by atoms with Crippen molar-refractivity contribution < 1.29 is 17.9 Å². The topological polar surface area (TPSA) is 121 Å². The van der Waals surface area contributed by atoms with E-state index in [0.717, 1.165) is 11.5 Å². The van der Waals surface area contributed by atoms with Gasteiger partial charge in [-0.1, -0.05) is 35.0 Å². The number of pyridine rings is 2. The number of nitrogens with zero attached hydrogens (tertiary/aromatic N) is 3. The average Bonchev–Trinajstić information content (AvgIpc) is 3.23. The van der Waals surface area contributed by atoms with Crippen LogP contribution in [0, 0.1) is 17.7 Å². The normalized spacial score (nSPS) is 11.2. The van der Waals surface area contributed by atoms with Gasteiger partial charge in [0.05, 0.1) is 23.4 Å². The van der Waals surface area contributed by atoms with E-state index in [2.05, 4.69) is 36.7 Å². The standard InChI is InChI=1S/C20H12Cl2FN5O3S/c21-15-6-14(10-29)17(22)16(7-15)32(30,31)28-20-18(23)12(3-4-24-20)2-1-11-5-13-9-26-27-19(13)25-8-11/h3-9,29H,10H2,(H,24,28)(H,25,26,27). The number of halogens is 3. The van der Waals surface area contributed by atoms with Crippen molar-refractivity contribution in [1.29, 1.82) is 0 Å². The summed E-state index contributed by atoms with van der Waals surface area (Å²) in [5.74, 6) is 3.87. The van der Waals surface area contributed by atoms with Gasteiger partial charge in [-0.05, 0) is 29.8 Å². The van der Waals surface area contributed by atoms with E-state index in [1.54, 1.807) is 12.3 Å². The number of hydrogen-bond acceptors (Lipinski definition) is 6. The number of aliphatic hydroxyl groups excluding tert-OH is 1. The maximum absolute atomic E-state index is 14.9. The Balaban J connectivity index is 1.67. The Bertz CT molecular complexity index is 1510. The number of nitrogens with one attached hydrogen (secondary N) is 2. The van der Waals surface area contributed by atoms with Crippen LogP contribution in [0.1, 0.15) is 16.7 Å². The van der Waals surface area contributed by atoms with E-state index >= 15 is 0 Å². The van der Waals surface area contributed by atoms with Crippen molar-refractivity contribution in [2.45, 2.75) is 11.5 Å². The molecule has 3 N–H and O–H groups in total. The minimum atomic E-state index is -4.37. The van der Waals surface area contributed by atoms with E-state index in [1.807, 2.05) is 0 Å². The molecular formula is C20H12Cl2FN5O3S. The Morgan fingerprint density at radius 3 is 2.75 bits per heavy atom. The molecule has 0 saturated heterocycles.